The average Bonchev–Trinajstić information content (AvgIpc) is 3.19. The molecule has 1 saturated heterocycles. The fourth-order valence-corrected chi connectivity index (χ4v) is 6.44. The lowest BCUT2D eigenvalue weighted by molar-refractivity contribution is 0.0975. The van der Waals surface area contributed by atoms with Crippen molar-refractivity contribution < 1.29 is 17.9 Å². The fraction of sp³-hybridized carbons (Fsp3) is 0.350. The number of thiophene rings is 1. The third-order valence-electron chi connectivity index (χ3n) is 4.81. The molecule has 0 bridgehead atoms. The van der Waals surface area contributed by atoms with E-state index in [1.165, 1.54) is 15.8 Å². The summed E-state index contributed by atoms with van der Waals surface area (Å²) >= 11 is 6.77. The molecule has 2 heterocycles. The van der Waals surface area contributed by atoms with Gasteiger partial charge in [0.15, 0.2) is 0 Å². The summed E-state index contributed by atoms with van der Waals surface area (Å²) in [4.78, 5) is 12.6. The van der Waals surface area contributed by atoms with Gasteiger partial charge in [-0.2, -0.15) is 4.31 Å². The van der Waals surface area contributed by atoms with Crippen LogP contribution in [0.1, 0.15) is 35.5 Å². The molecule has 11 heteroatoms. The van der Waals surface area contributed by atoms with E-state index in [-0.39, 0.29) is 27.5 Å². The lowest BCUT2D eigenvalue weighted by Crippen LogP contribution is -2.42. The molecular weight excluding hydrogens is 460 g/mol. The summed E-state index contributed by atoms with van der Waals surface area (Å²) in [5.41, 5.74) is 0.387. The molecule has 2 atom stereocenters. The molecule has 1 aliphatic heterocycles. The first-order valence-corrected chi connectivity index (χ1v) is 12.3. The standard InChI is InChI=1S/C20H23ClN4O4S2/c1-12-7-13(2)10-25(9-12)31(27,28)16-8-17(30-11-16)19(26)24-20(23)29-18(22)14-3-5-15(21)6-4-14/h3-6,8,11-13,22H,7,9-10H2,1-2H3,(H2,23,24,26)/t12-,13+. The van der Waals surface area contributed by atoms with Gasteiger partial charge in [0, 0.05) is 29.1 Å². The summed E-state index contributed by atoms with van der Waals surface area (Å²) < 4.78 is 32.4. The monoisotopic (exact) mass is 482 g/mol. The number of nitrogens with zero attached hydrogens (tertiary/aromatic N) is 1. The van der Waals surface area contributed by atoms with Gasteiger partial charge in [-0.05, 0) is 48.6 Å². The summed E-state index contributed by atoms with van der Waals surface area (Å²) in [6.45, 7) is 4.96. The third kappa shape index (κ3) is 5.70. The topological polar surface area (TPSA) is 123 Å². The number of benzene rings is 1. The predicted octanol–water partition coefficient (Wildman–Crippen LogP) is 3.77. The first-order chi connectivity index (χ1) is 14.6. The number of amidine groups is 1. The molecule has 3 N–H and O–H groups in total. The van der Waals surface area contributed by atoms with Crippen molar-refractivity contribution in [3.05, 3.63) is 51.2 Å². The predicted molar refractivity (Wildman–Crippen MR) is 121 cm³/mol. The minimum atomic E-state index is -3.69. The van der Waals surface area contributed by atoms with E-state index in [1.54, 1.807) is 24.3 Å². The van der Waals surface area contributed by atoms with Crippen molar-refractivity contribution in [3.63, 3.8) is 0 Å². The van der Waals surface area contributed by atoms with Crippen molar-refractivity contribution in [1.82, 2.24) is 9.62 Å². The molecule has 0 unspecified atom stereocenters. The minimum Gasteiger partial charge on any atom is -0.407 e. The second-order valence-electron chi connectivity index (χ2n) is 7.64. The third-order valence-corrected chi connectivity index (χ3v) is 7.95. The number of hydrogen-bond acceptors (Lipinski definition) is 7. The van der Waals surface area contributed by atoms with E-state index in [9.17, 15) is 13.2 Å². The average molecular weight is 483 g/mol. The Kier molecular flexibility index (Phi) is 7.15. The number of amides is 1. The number of nitrogens with one attached hydrogen (secondary N) is 3. The quantitative estimate of drug-likeness (QED) is 0.453. The lowest BCUT2D eigenvalue weighted by atomic mass is 9.94. The van der Waals surface area contributed by atoms with Gasteiger partial charge in [-0.3, -0.25) is 20.9 Å². The Hall–Kier alpha value is -2.27. The first kappa shape index (κ1) is 23.4. The lowest BCUT2D eigenvalue weighted by Gasteiger charge is -2.33. The Morgan fingerprint density at radius 1 is 1.19 bits per heavy atom. The van der Waals surface area contributed by atoms with Crippen LogP contribution >= 0.6 is 22.9 Å². The molecule has 8 nitrogen and oxygen atoms in total. The molecular formula is C20H23ClN4O4S2. The van der Waals surface area contributed by atoms with Gasteiger partial charge in [0.2, 0.25) is 15.9 Å². The van der Waals surface area contributed by atoms with Crippen molar-refractivity contribution in [3.8, 4) is 0 Å². The molecule has 1 aromatic carbocycles. The van der Waals surface area contributed by atoms with E-state index in [1.807, 2.05) is 13.8 Å². The molecule has 0 aliphatic carbocycles. The van der Waals surface area contributed by atoms with Gasteiger partial charge in [0.1, 0.15) is 0 Å². The van der Waals surface area contributed by atoms with E-state index < -0.39 is 22.0 Å². The summed E-state index contributed by atoms with van der Waals surface area (Å²) in [5, 5.41) is 19.8. The van der Waals surface area contributed by atoms with Crippen LogP contribution in [0.5, 0.6) is 0 Å². The zero-order chi connectivity index (χ0) is 22.8. The zero-order valence-corrected chi connectivity index (χ0v) is 19.4. The Bertz CT molecular complexity index is 1090. The minimum absolute atomic E-state index is 0.0605. The number of piperidine rings is 1. The molecule has 1 aromatic heterocycles. The Balaban J connectivity index is 1.63. The van der Waals surface area contributed by atoms with Gasteiger partial charge < -0.3 is 4.74 Å². The van der Waals surface area contributed by atoms with Crippen molar-refractivity contribution in [2.24, 2.45) is 11.8 Å². The first-order valence-electron chi connectivity index (χ1n) is 9.57. The Morgan fingerprint density at radius 3 is 2.42 bits per heavy atom. The largest absolute Gasteiger partial charge is 0.407 e. The van der Waals surface area contributed by atoms with Crippen LogP contribution in [0, 0.1) is 22.7 Å². The molecule has 3 rings (SSSR count). The van der Waals surface area contributed by atoms with E-state index in [4.69, 9.17) is 27.2 Å². The van der Waals surface area contributed by atoms with Crippen LogP contribution in [0.2, 0.25) is 5.02 Å². The van der Waals surface area contributed by atoms with E-state index in [0.717, 1.165) is 17.8 Å². The van der Waals surface area contributed by atoms with E-state index >= 15 is 0 Å². The van der Waals surface area contributed by atoms with Crippen LogP contribution in [0.25, 0.3) is 0 Å². The van der Waals surface area contributed by atoms with Gasteiger partial charge in [-0.15, -0.1) is 11.3 Å². The van der Waals surface area contributed by atoms with Crippen LogP contribution in [-0.2, 0) is 14.8 Å². The Morgan fingerprint density at radius 2 is 1.81 bits per heavy atom. The van der Waals surface area contributed by atoms with Crippen LogP contribution < -0.4 is 5.32 Å². The number of halogens is 1. The second-order valence-corrected chi connectivity index (χ2v) is 10.9. The van der Waals surface area contributed by atoms with Gasteiger partial charge in [-0.25, -0.2) is 8.42 Å². The van der Waals surface area contributed by atoms with E-state index in [2.05, 4.69) is 5.32 Å². The van der Waals surface area contributed by atoms with Crippen LogP contribution in [0.4, 0.5) is 0 Å². The molecule has 0 spiro atoms. The molecule has 2 aromatic rings. The smallest absolute Gasteiger partial charge is 0.295 e. The second kappa shape index (κ2) is 9.47. The summed E-state index contributed by atoms with van der Waals surface area (Å²) in [5.74, 6) is -0.465. The highest BCUT2D eigenvalue weighted by atomic mass is 35.5. The van der Waals surface area contributed by atoms with Crippen molar-refractivity contribution in [2.75, 3.05) is 13.1 Å². The SMILES string of the molecule is C[C@@H]1C[C@H](C)CN(S(=O)(=O)c2csc(C(=O)NC(=N)OC(=N)c3ccc(Cl)cc3)c2)C1. The highest BCUT2D eigenvalue weighted by molar-refractivity contribution is 7.89. The molecule has 31 heavy (non-hydrogen) atoms. The molecule has 166 valence electrons. The van der Waals surface area contributed by atoms with Crippen LogP contribution in [0.15, 0.2) is 40.6 Å². The fourth-order valence-electron chi connectivity index (χ4n) is 3.48. The number of rotatable bonds is 4. The maximum Gasteiger partial charge on any atom is 0.295 e. The number of carbonyl (C=O) groups is 1. The van der Waals surface area contributed by atoms with Gasteiger partial charge in [0.25, 0.3) is 11.9 Å². The van der Waals surface area contributed by atoms with Gasteiger partial charge in [0.05, 0.1) is 9.77 Å². The maximum absolute atomic E-state index is 13.0. The Labute approximate surface area is 190 Å². The summed E-state index contributed by atoms with van der Waals surface area (Å²) in [7, 11) is -3.69. The molecule has 0 saturated carbocycles. The number of sulfonamides is 1. The van der Waals surface area contributed by atoms with Crippen molar-refractivity contribution >= 4 is 50.8 Å². The van der Waals surface area contributed by atoms with Gasteiger partial charge in [-0.1, -0.05) is 25.4 Å². The van der Waals surface area contributed by atoms with E-state index in [0.29, 0.717) is 23.7 Å². The molecule has 1 aliphatic rings. The number of ether oxygens (including phenoxy) is 1. The summed E-state index contributed by atoms with van der Waals surface area (Å²) in [6, 6.07) is 6.93. The molecule has 0 radical (unpaired) electrons. The highest BCUT2D eigenvalue weighted by Crippen LogP contribution is 2.29. The normalized spacial score (nSPS) is 19.6. The maximum atomic E-state index is 13.0. The van der Waals surface area contributed by atoms with Gasteiger partial charge >= 0.3 is 0 Å². The molecule has 1 fully saturated rings. The highest BCUT2D eigenvalue weighted by Gasteiger charge is 2.32. The van der Waals surface area contributed by atoms with Crippen molar-refractivity contribution in [2.45, 2.75) is 25.2 Å². The van der Waals surface area contributed by atoms with Crippen LogP contribution in [-0.4, -0.2) is 43.6 Å². The zero-order valence-electron chi connectivity index (χ0n) is 17.0. The molecule has 1 amide bonds. The van der Waals surface area contributed by atoms with Crippen LogP contribution in [0.3, 0.4) is 0 Å². The summed E-state index contributed by atoms with van der Waals surface area (Å²) in [6.07, 6.45) is 0.983. The van der Waals surface area contributed by atoms with Crippen molar-refractivity contribution in [1.29, 1.82) is 10.8 Å². The number of carbonyl (C=O) groups excluding carboxylic acids is 1. The number of hydrogen-bond donors (Lipinski definition) is 3.